The summed E-state index contributed by atoms with van der Waals surface area (Å²) >= 11 is 0. The van der Waals surface area contributed by atoms with Crippen molar-refractivity contribution in [3.8, 4) is 5.69 Å². The van der Waals surface area contributed by atoms with E-state index in [9.17, 15) is 30.8 Å². The molecule has 3 heterocycles. The second kappa shape index (κ2) is 10.4. The molecular formula is C31H28F4N6O3S. The van der Waals surface area contributed by atoms with Crippen LogP contribution >= 0.6 is 0 Å². The van der Waals surface area contributed by atoms with Crippen LogP contribution in [0.4, 0.5) is 17.6 Å². The molecule has 45 heavy (non-hydrogen) atoms. The summed E-state index contributed by atoms with van der Waals surface area (Å²) < 4.78 is 88.7. The number of rotatable bonds is 7. The van der Waals surface area contributed by atoms with E-state index < -0.39 is 63.7 Å². The number of aryl methyl sites for hydroxylation is 1. The summed E-state index contributed by atoms with van der Waals surface area (Å²) in [6.07, 6.45) is 6.56. The smallest absolute Gasteiger partial charge is 0.262 e. The first-order valence-corrected chi connectivity index (χ1v) is 15.9. The van der Waals surface area contributed by atoms with Crippen LogP contribution in [-0.2, 0) is 23.5 Å². The predicted molar refractivity (Wildman–Crippen MR) is 154 cm³/mol. The van der Waals surface area contributed by atoms with Crippen LogP contribution in [0.5, 0.6) is 0 Å². The number of nitrogens with zero attached hydrogens (tertiary/aromatic N) is 6. The Morgan fingerprint density at radius 1 is 1.02 bits per heavy atom. The zero-order valence-electron chi connectivity index (χ0n) is 24.1. The van der Waals surface area contributed by atoms with Crippen molar-refractivity contribution >= 4 is 21.9 Å². The number of aromatic nitrogens is 5. The number of carbonyl (C=O) groups excluding carboxylic acids is 1. The van der Waals surface area contributed by atoms with Gasteiger partial charge in [0.15, 0.2) is 10.8 Å². The Morgan fingerprint density at radius 2 is 1.78 bits per heavy atom. The number of sulfonamides is 1. The lowest BCUT2D eigenvalue weighted by molar-refractivity contribution is -0.116. The number of pyridine rings is 1. The summed E-state index contributed by atoms with van der Waals surface area (Å²) in [5.74, 6) is -4.56. The quantitative estimate of drug-likeness (QED) is 0.205. The van der Waals surface area contributed by atoms with E-state index in [1.54, 1.807) is 30.1 Å². The van der Waals surface area contributed by atoms with Gasteiger partial charge in [-0.3, -0.25) is 9.78 Å². The average Bonchev–Trinajstić information content (AvgIpc) is 3.61. The van der Waals surface area contributed by atoms with E-state index in [4.69, 9.17) is 0 Å². The monoisotopic (exact) mass is 640 g/mol. The van der Waals surface area contributed by atoms with Crippen LogP contribution in [0.25, 0.3) is 11.8 Å². The minimum atomic E-state index is -4.33. The number of ketones is 1. The molecule has 0 spiro atoms. The number of fused-ring (bicyclic) bond motifs is 2. The van der Waals surface area contributed by atoms with Crippen LogP contribution in [0.1, 0.15) is 53.8 Å². The van der Waals surface area contributed by atoms with Crippen molar-refractivity contribution in [1.82, 2.24) is 28.6 Å². The van der Waals surface area contributed by atoms with E-state index >= 15 is 0 Å². The first-order valence-electron chi connectivity index (χ1n) is 14.5. The predicted octanol–water partition coefficient (Wildman–Crippen LogP) is 5.13. The number of halogens is 4. The minimum Gasteiger partial charge on any atom is -0.339 e. The lowest BCUT2D eigenvalue weighted by Gasteiger charge is -2.50. The normalized spacial score (nSPS) is 22.8. The molecule has 3 aliphatic rings. The Hall–Kier alpha value is -4.17. The Bertz CT molecular complexity index is 1950. The van der Waals surface area contributed by atoms with E-state index in [0.29, 0.717) is 22.5 Å². The molecule has 0 aliphatic heterocycles. The van der Waals surface area contributed by atoms with Gasteiger partial charge in [0.2, 0.25) is 0 Å². The fourth-order valence-corrected chi connectivity index (χ4v) is 8.80. The lowest BCUT2D eigenvalue weighted by atomic mass is 9.60. The van der Waals surface area contributed by atoms with Crippen molar-refractivity contribution in [2.24, 2.45) is 12.5 Å². The van der Waals surface area contributed by atoms with Crippen molar-refractivity contribution in [2.75, 3.05) is 0 Å². The maximum Gasteiger partial charge on any atom is 0.262 e. The average molecular weight is 641 g/mol. The molecule has 2 fully saturated rings. The van der Waals surface area contributed by atoms with E-state index in [0.717, 1.165) is 16.4 Å². The highest BCUT2D eigenvalue weighted by Crippen LogP contribution is 2.53. The highest BCUT2D eigenvalue weighted by molar-refractivity contribution is 7.89. The Balaban J connectivity index is 1.33. The van der Waals surface area contributed by atoms with Crippen LogP contribution in [0.3, 0.4) is 0 Å². The molecule has 1 aromatic carbocycles. The van der Waals surface area contributed by atoms with Gasteiger partial charge >= 0.3 is 0 Å². The van der Waals surface area contributed by atoms with Gasteiger partial charge in [0.05, 0.1) is 29.3 Å². The molecule has 3 aliphatic carbocycles. The molecule has 7 rings (SSSR count). The van der Waals surface area contributed by atoms with Crippen LogP contribution in [0, 0.1) is 17.0 Å². The number of Topliss-reactive ketones (excluding diaryl/α,β-unsaturated/α-hetero) is 1. The van der Waals surface area contributed by atoms with Crippen molar-refractivity contribution in [3.63, 3.8) is 0 Å². The Morgan fingerprint density at radius 3 is 2.44 bits per heavy atom. The molecule has 0 amide bonds. The molecule has 3 aromatic heterocycles. The Kier molecular flexibility index (Phi) is 6.85. The summed E-state index contributed by atoms with van der Waals surface area (Å²) in [6, 6.07) is 6.14. The maximum atomic E-state index is 14.4. The number of hydrogen-bond donors (Lipinski definition) is 0. The number of alkyl halides is 2. The van der Waals surface area contributed by atoms with Crippen molar-refractivity contribution in [3.05, 3.63) is 95.5 Å². The van der Waals surface area contributed by atoms with Crippen LogP contribution in [0.15, 0.2) is 71.9 Å². The zero-order chi connectivity index (χ0) is 31.7. The summed E-state index contributed by atoms with van der Waals surface area (Å²) in [5.41, 5.74) is 1.17. The highest BCUT2D eigenvalue weighted by atomic mass is 32.2. The maximum absolute atomic E-state index is 14.4. The first-order chi connectivity index (χ1) is 21.4. The molecule has 0 unspecified atom stereocenters. The fourth-order valence-electron chi connectivity index (χ4n) is 6.99. The molecule has 0 bridgehead atoms. The summed E-state index contributed by atoms with van der Waals surface area (Å²) in [5, 5.41) is 4.23. The molecule has 234 valence electrons. The summed E-state index contributed by atoms with van der Waals surface area (Å²) in [6.45, 7) is 0. The molecule has 14 heteroatoms. The Labute approximate surface area is 256 Å². The van der Waals surface area contributed by atoms with Gasteiger partial charge in [-0.15, -0.1) is 0 Å². The molecule has 0 saturated heterocycles. The van der Waals surface area contributed by atoms with Gasteiger partial charge in [0.25, 0.3) is 15.9 Å². The molecule has 0 radical (unpaired) electrons. The number of imidazole rings is 1. The summed E-state index contributed by atoms with van der Waals surface area (Å²) in [7, 11) is -2.73. The van der Waals surface area contributed by atoms with Gasteiger partial charge in [-0.2, -0.15) is 9.40 Å². The highest BCUT2D eigenvalue weighted by Gasteiger charge is 2.57. The van der Waals surface area contributed by atoms with Gasteiger partial charge in [0, 0.05) is 50.4 Å². The van der Waals surface area contributed by atoms with Crippen LogP contribution in [-0.4, -0.2) is 60.8 Å². The number of carbonyl (C=O) groups is 1. The summed E-state index contributed by atoms with van der Waals surface area (Å²) in [4.78, 5) is 22.6. The molecule has 4 aromatic rings. The topological polar surface area (TPSA) is 103 Å². The molecule has 9 nitrogen and oxygen atoms in total. The van der Waals surface area contributed by atoms with Gasteiger partial charge < -0.3 is 4.57 Å². The van der Waals surface area contributed by atoms with Crippen molar-refractivity contribution in [2.45, 2.75) is 61.6 Å². The van der Waals surface area contributed by atoms with Gasteiger partial charge in [0.1, 0.15) is 17.3 Å². The number of benzene rings is 1. The third kappa shape index (κ3) is 4.99. The SMILES string of the molecule is Cn1cnc(S(=O)(=O)N(C2CC(F)(F)C2)[C@H]2CCC3=Cc4c(cnn4-c4ccc(F)cc4)C[C@]3(C(=O)c3cc(F)ccn3)C2)c1. The van der Waals surface area contributed by atoms with Crippen molar-refractivity contribution in [1.29, 1.82) is 0 Å². The van der Waals surface area contributed by atoms with Crippen LogP contribution in [0.2, 0.25) is 0 Å². The van der Waals surface area contributed by atoms with E-state index in [1.807, 2.05) is 6.08 Å². The third-order valence-corrected chi connectivity index (χ3v) is 11.0. The van der Waals surface area contributed by atoms with E-state index in [1.165, 1.54) is 35.4 Å². The minimum absolute atomic E-state index is 0.0365. The lowest BCUT2D eigenvalue weighted by Crippen LogP contribution is -2.59. The second-order valence-electron chi connectivity index (χ2n) is 12.1. The van der Waals surface area contributed by atoms with Gasteiger partial charge in [-0.05, 0) is 67.7 Å². The van der Waals surface area contributed by atoms with Crippen molar-refractivity contribution < 1.29 is 30.8 Å². The molecule has 2 saturated carbocycles. The molecule has 0 N–H and O–H groups in total. The zero-order valence-corrected chi connectivity index (χ0v) is 24.9. The van der Waals surface area contributed by atoms with E-state index in [2.05, 4.69) is 15.1 Å². The van der Waals surface area contributed by atoms with E-state index in [-0.39, 0.29) is 36.4 Å². The first kappa shape index (κ1) is 29.5. The second-order valence-corrected chi connectivity index (χ2v) is 13.9. The van der Waals surface area contributed by atoms with Gasteiger partial charge in [-0.1, -0.05) is 5.57 Å². The third-order valence-electron chi connectivity index (χ3n) is 9.11. The van der Waals surface area contributed by atoms with Gasteiger partial charge in [-0.25, -0.2) is 35.6 Å². The largest absolute Gasteiger partial charge is 0.339 e. The molecule has 2 atom stereocenters. The standard InChI is InChI=1S/C31H28F4N6O3S/c1-39-17-28(37-18-39)45(43,44)41(25-14-31(34,35)15-25)24-5-2-20-10-27-19(16-38-40(27)23-6-3-21(32)4-7-23)12-30(20,13-24)29(42)26-11-22(33)8-9-36-26/h3-4,6-11,16-18,24-25H,2,5,12-15H2,1H3/t24-,30-/m0/s1. The molecular weight excluding hydrogens is 612 g/mol. The number of hydrogen-bond acceptors (Lipinski definition) is 6. The number of allylic oxidation sites excluding steroid dienone is 1. The van der Waals surface area contributed by atoms with Crippen LogP contribution < -0.4 is 0 Å². The fraction of sp³-hybridized carbons (Fsp3) is 0.355.